The molecule has 0 fully saturated rings. The third-order valence-electron chi connectivity index (χ3n) is 0.876. The van der Waals surface area contributed by atoms with Crippen LogP contribution in [0.25, 0.3) is 0 Å². The monoisotopic (exact) mass is 139 g/mol. The van der Waals surface area contributed by atoms with Crippen LogP contribution in [0, 0.1) is 0 Å². The Morgan fingerprint density at radius 1 is 1.50 bits per heavy atom. The minimum Gasteiger partial charge on any atom is -0.269 e. The lowest BCUT2D eigenvalue weighted by Crippen LogP contribution is -1.69. The normalized spacial score (nSPS) is 9.30. The molecule has 0 rings (SSSR count). The van der Waals surface area contributed by atoms with Crippen molar-refractivity contribution in [2.45, 2.75) is 27.2 Å². The van der Waals surface area contributed by atoms with Crippen LogP contribution in [0.2, 0.25) is 0 Å². The van der Waals surface area contributed by atoms with Crippen molar-refractivity contribution in [1.82, 2.24) is 0 Å². The predicted octanol–water partition coefficient (Wildman–Crippen LogP) is 3.19. The van der Waals surface area contributed by atoms with Gasteiger partial charge in [-0.05, 0) is 19.2 Å². The van der Waals surface area contributed by atoms with E-state index in [4.69, 9.17) is 0 Å². The molecule has 0 amide bonds. The highest BCUT2D eigenvalue weighted by Gasteiger charge is 1.80. The number of hydrogen-bond donors (Lipinski definition) is 0. The molecule has 0 unspecified atom stereocenters. The lowest BCUT2D eigenvalue weighted by molar-refractivity contribution is 1.08. The van der Waals surface area contributed by atoms with E-state index < -0.39 is 0 Å². The molecule has 0 aliphatic heterocycles. The molecule has 0 saturated carbocycles. The van der Waals surface area contributed by atoms with Crippen molar-refractivity contribution in [3.63, 3.8) is 0 Å². The van der Waals surface area contributed by atoms with Crippen LogP contribution in [-0.2, 0) is 0 Å². The molecule has 0 aliphatic carbocycles. The van der Waals surface area contributed by atoms with E-state index in [1.165, 1.54) is 0 Å². The Morgan fingerprint density at radius 3 is 2.10 bits per heavy atom. The summed E-state index contributed by atoms with van der Waals surface area (Å²) in [6, 6.07) is 0. The van der Waals surface area contributed by atoms with Crippen LogP contribution in [0.3, 0.4) is 0 Å². The molecular weight excluding hydrogens is 122 g/mol. The molecule has 0 heterocycles. The van der Waals surface area contributed by atoms with Gasteiger partial charge >= 0.3 is 0 Å². The molecule has 0 aromatic carbocycles. The van der Waals surface area contributed by atoms with Crippen molar-refractivity contribution in [3.05, 3.63) is 24.4 Å². The second-order valence-corrected chi connectivity index (χ2v) is 1.41. The molecule has 0 N–H and O–H groups in total. The maximum absolute atomic E-state index is 3.74. The van der Waals surface area contributed by atoms with Crippen molar-refractivity contribution in [3.8, 4) is 0 Å². The van der Waals surface area contributed by atoms with Crippen LogP contribution in [0.5, 0.6) is 0 Å². The lowest BCUT2D eigenvalue weighted by Gasteiger charge is -1.88. The molecule has 0 bridgehead atoms. The second-order valence-electron chi connectivity index (χ2n) is 1.41. The molecule has 0 spiro atoms. The molecule has 1 heteroatoms. The van der Waals surface area contributed by atoms with E-state index >= 15 is 0 Å². The fraction of sp³-hybridized carbons (Fsp3) is 0.444. The Bertz CT molecular complexity index is 112. The van der Waals surface area contributed by atoms with E-state index in [0.717, 1.165) is 12.1 Å². The summed E-state index contributed by atoms with van der Waals surface area (Å²) in [6.45, 7) is 12.9. The summed E-state index contributed by atoms with van der Waals surface area (Å²) < 4.78 is 0. The van der Waals surface area contributed by atoms with Crippen LogP contribution in [0.15, 0.2) is 29.4 Å². The topological polar surface area (TPSA) is 12.4 Å². The minimum absolute atomic E-state index is 0.926. The Labute approximate surface area is 64.2 Å². The van der Waals surface area contributed by atoms with Crippen molar-refractivity contribution in [2.24, 2.45) is 4.99 Å². The van der Waals surface area contributed by atoms with Crippen LogP contribution in [0.4, 0.5) is 0 Å². The molecule has 0 aromatic rings. The summed E-state index contributed by atoms with van der Waals surface area (Å²) >= 11 is 0. The fourth-order valence-corrected chi connectivity index (χ4v) is 0.418. The van der Waals surface area contributed by atoms with E-state index in [1.54, 1.807) is 6.08 Å². The number of rotatable bonds is 3. The molecular formula is C9H17N. The van der Waals surface area contributed by atoms with Gasteiger partial charge in [-0.15, -0.1) is 0 Å². The zero-order valence-electron chi connectivity index (χ0n) is 7.22. The third-order valence-corrected chi connectivity index (χ3v) is 0.876. The summed E-state index contributed by atoms with van der Waals surface area (Å²) in [7, 11) is 0. The van der Waals surface area contributed by atoms with E-state index in [2.05, 4.69) is 18.3 Å². The summed E-state index contributed by atoms with van der Waals surface area (Å²) in [5.41, 5.74) is 0.986. The van der Waals surface area contributed by atoms with Crippen molar-refractivity contribution in [1.29, 1.82) is 0 Å². The minimum atomic E-state index is 0.926. The molecule has 0 atom stereocenters. The number of aliphatic imine (C=N–C) groups is 1. The van der Waals surface area contributed by atoms with Crippen LogP contribution in [-0.4, -0.2) is 6.72 Å². The van der Waals surface area contributed by atoms with Crippen LogP contribution >= 0.6 is 0 Å². The second kappa shape index (κ2) is 11.0. The van der Waals surface area contributed by atoms with Gasteiger partial charge in [0.2, 0.25) is 0 Å². The molecule has 0 aliphatic rings. The highest BCUT2D eigenvalue weighted by Crippen LogP contribution is 1.99. The quantitative estimate of drug-likeness (QED) is 0.420. The zero-order chi connectivity index (χ0) is 8.41. The maximum atomic E-state index is 3.74. The first-order valence-corrected chi connectivity index (χ1v) is 3.63. The smallest absolute Gasteiger partial charge is 0.0393 e. The van der Waals surface area contributed by atoms with Crippen LogP contribution in [0.1, 0.15) is 27.2 Å². The predicted molar refractivity (Wildman–Crippen MR) is 49.5 cm³/mol. The van der Waals surface area contributed by atoms with Gasteiger partial charge in [-0.3, -0.25) is 4.99 Å². The third kappa shape index (κ3) is 7.15. The Balaban J connectivity index is 0. The number of nitrogens with zero attached hydrogens (tertiary/aromatic N) is 1. The molecule has 10 heavy (non-hydrogen) atoms. The molecule has 58 valence electrons. The van der Waals surface area contributed by atoms with Gasteiger partial charge in [0.1, 0.15) is 0 Å². The van der Waals surface area contributed by atoms with Gasteiger partial charge in [0, 0.05) is 5.70 Å². The van der Waals surface area contributed by atoms with Crippen molar-refractivity contribution >= 4 is 6.72 Å². The fourth-order valence-electron chi connectivity index (χ4n) is 0.418. The summed E-state index contributed by atoms with van der Waals surface area (Å²) in [5.74, 6) is 0. The van der Waals surface area contributed by atoms with Gasteiger partial charge in [-0.2, -0.15) is 0 Å². The van der Waals surface area contributed by atoms with E-state index in [0.29, 0.717) is 0 Å². The largest absolute Gasteiger partial charge is 0.269 e. The van der Waals surface area contributed by atoms with Crippen molar-refractivity contribution < 1.29 is 0 Å². The Hall–Kier alpha value is -0.850. The Kier molecular flexibility index (Phi) is 13.1. The summed E-state index contributed by atoms with van der Waals surface area (Å²) in [4.78, 5) is 3.74. The van der Waals surface area contributed by atoms with E-state index in [-0.39, 0.29) is 0 Å². The van der Waals surface area contributed by atoms with Crippen molar-refractivity contribution in [2.75, 3.05) is 0 Å². The summed E-state index contributed by atoms with van der Waals surface area (Å²) in [6.07, 6.45) is 4.50. The molecule has 1 nitrogen and oxygen atoms in total. The van der Waals surface area contributed by atoms with E-state index in [1.807, 2.05) is 26.8 Å². The highest BCUT2D eigenvalue weighted by atomic mass is 14.7. The highest BCUT2D eigenvalue weighted by molar-refractivity contribution is 5.29. The standard InChI is InChI=1S/C7H11N.C2H6/c1-4-6-7(5-2)8-3;1-2/h4,6H,1,3,5H2,2H3;1-2H3/b7-6-;. The van der Waals surface area contributed by atoms with Gasteiger partial charge in [0.25, 0.3) is 0 Å². The maximum Gasteiger partial charge on any atom is 0.0393 e. The number of hydrogen-bond acceptors (Lipinski definition) is 1. The SMILES string of the molecule is C=C/C=C(/CC)N=C.CC. The van der Waals surface area contributed by atoms with Gasteiger partial charge in [0.15, 0.2) is 0 Å². The molecule has 0 aromatic heterocycles. The van der Waals surface area contributed by atoms with E-state index in [9.17, 15) is 0 Å². The van der Waals surface area contributed by atoms with Gasteiger partial charge < -0.3 is 0 Å². The van der Waals surface area contributed by atoms with Gasteiger partial charge in [0.05, 0.1) is 0 Å². The average Bonchev–Trinajstić information content (AvgIpc) is 2.04. The average molecular weight is 139 g/mol. The van der Waals surface area contributed by atoms with Gasteiger partial charge in [-0.1, -0.05) is 33.4 Å². The first-order chi connectivity index (χ1) is 4.85. The first-order valence-electron chi connectivity index (χ1n) is 3.63. The molecule has 0 saturated heterocycles. The molecule has 0 radical (unpaired) electrons. The van der Waals surface area contributed by atoms with Crippen LogP contribution < -0.4 is 0 Å². The first kappa shape index (κ1) is 11.9. The summed E-state index contributed by atoms with van der Waals surface area (Å²) in [5, 5.41) is 0. The zero-order valence-corrected chi connectivity index (χ0v) is 7.22. The Morgan fingerprint density at radius 2 is 2.00 bits per heavy atom. The number of allylic oxidation sites excluding steroid dienone is 3. The van der Waals surface area contributed by atoms with Gasteiger partial charge in [-0.25, -0.2) is 0 Å². The lowest BCUT2D eigenvalue weighted by atomic mass is 10.3.